The number of phenolic OH excluding ortho intramolecular Hbond substituents is 1. The molecule has 0 saturated carbocycles. The number of aromatic hydroxyl groups is 1. The van der Waals surface area contributed by atoms with Gasteiger partial charge in [0, 0.05) is 6.20 Å². The van der Waals surface area contributed by atoms with E-state index in [0.29, 0.717) is 16.6 Å². The third kappa shape index (κ3) is 3.49. The van der Waals surface area contributed by atoms with Crippen molar-refractivity contribution < 1.29 is 18.6 Å². The van der Waals surface area contributed by atoms with Crippen LogP contribution in [0.5, 0.6) is 5.75 Å². The predicted octanol–water partition coefficient (Wildman–Crippen LogP) is 4.90. The number of benzene rings is 1. The van der Waals surface area contributed by atoms with Crippen molar-refractivity contribution in [2.24, 2.45) is 0 Å². The first-order chi connectivity index (χ1) is 13.9. The van der Waals surface area contributed by atoms with Crippen LogP contribution < -0.4 is 9.03 Å². The van der Waals surface area contributed by atoms with Gasteiger partial charge in [-0.05, 0) is 52.1 Å². The van der Waals surface area contributed by atoms with Crippen LogP contribution in [0.4, 0.5) is 5.69 Å². The number of aliphatic hydroxyl groups is 1. The van der Waals surface area contributed by atoms with Gasteiger partial charge in [0.25, 0.3) is 0 Å². The number of aromatic nitrogens is 1. The molecule has 0 unspecified atom stereocenters. The topological polar surface area (TPSA) is 94.8 Å². The zero-order valence-corrected chi connectivity index (χ0v) is 20.1. The molecular weight excluding hydrogens is 418 g/mol. The van der Waals surface area contributed by atoms with Crippen molar-refractivity contribution in [2.45, 2.75) is 58.2 Å². The molecule has 0 saturated heterocycles. The summed E-state index contributed by atoms with van der Waals surface area (Å²) in [5.41, 5.74) is 3.51. The van der Waals surface area contributed by atoms with Crippen LogP contribution in [0.1, 0.15) is 41.5 Å². The number of phenols is 1. The second kappa shape index (κ2) is 7.70. The summed E-state index contributed by atoms with van der Waals surface area (Å²) >= 11 is 0. The van der Waals surface area contributed by atoms with E-state index < -0.39 is 24.3 Å². The minimum absolute atomic E-state index is 0.0741. The molecule has 1 aromatic heterocycles. The molecule has 1 aliphatic heterocycles. The van der Waals surface area contributed by atoms with Gasteiger partial charge in [0.1, 0.15) is 11.4 Å². The number of aliphatic hydroxyl groups excluding tert-OH is 1. The molecular formula is C21H31N3O4SSi. The molecule has 0 radical (unpaired) electrons. The van der Waals surface area contributed by atoms with Gasteiger partial charge in [0.05, 0.1) is 6.20 Å². The number of rotatable bonds is 6. The van der Waals surface area contributed by atoms with Crippen LogP contribution in [-0.4, -0.2) is 31.1 Å². The highest BCUT2D eigenvalue weighted by Crippen LogP contribution is 2.43. The predicted molar refractivity (Wildman–Crippen MR) is 123 cm³/mol. The molecule has 1 aromatic carbocycles. The minimum Gasteiger partial charge on any atom is -0.506 e. The van der Waals surface area contributed by atoms with Crippen molar-refractivity contribution in [1.82, 2.24) is 8.95 Å². The van der Waals surface area contributed by atoms with E-state index in [1.54, 1.807) is 12.1 Å². The summed E-state index contributed by atoms with van der Waals surface area (Å²) in [5.74, 6) is -0.676. The number of hydrogen-bond donors (Lipinski definition) is 3. The number of hydrogen-bond acceptors (Lipinski definition) is 4. The van der Waals surface area contributed by atoms with Crippen LogP contribution in [-0.2, 0) is 10.2 Å². The average Bonchev–Trinajstić information content (AvgIpc) is 3.18. The number of anilines is 1. The van der Waals surface area contributed by atoms with E-state index in [1.165, 1.54) is 6.07 Å². The molecule has 164 valence electrons. The molecule has 2 aromatic rings. The van der Waals surface area contributed by atoms with Crippen molar-refractivity contribution >= 4 is 24.1 Å². The first kappa shape index (κ1) is 22.3. The van der Waals surface area contributed by atoms with Gasteiger partial charge < -0.3 is 14.4 Å². The van der Waals surface area contributed by atoms with Crippen molar-refractivity contribution in [1.29, 1.82) is 0 Å². The molecule has 1 aliphatic rings. The lowest BCUT2D eigenvalue weighted by molar-refractivity contribution is 0.392. The van der Waals surface area contributed by atoms with E-state index in [0.717, 1.165) is 21.6 Å². The lowest BCUT2D eigenvalue weighted by atomic mass is 10.1. The van der Waals surface area contributed by atoms with Crippen molar-refractivity contribution in [3.63, 3.8) is 0 Å². The highest BCUT2D eigenvalue weighted by atomic mass is 32.2. The quantitative estimate of drug-likeness (QED) is 0.547. The maximum Gasteiger partial charge on any atom is 0.330 e. The highest BCUT2D eigenvalue weighted by Gasteiger charge is 2.45. The van der Waals surface area contributed by atoms with Gasteiger partial charge >= 0.3 is 10.2 Å². The third-order valence-corrected chi connectivity index (χ3v) is 14.2. The summed E-state index contributed by atoms with van der Waals surface area (Å²) in [4.78, 5) is 0. The fourth-order valence-electron chi connectivity index (χ4n) is 5.18. The van der Waals surface area contributed by atoms with E-state index in [2.05, 4.69) is 58.2 Å². The largest absolute Gasteiger partial charge is 0.506 e. The van der Waals surface area contributed by atoms with Gasteiger partial charge in [-0.15, -0.1) is 0 Å². The van der Waals surface area contributed by atoms with Gasteiger partial charge in [-0.2, -0.15) is 8.42 Å². The number of nitrogens with one attached hydrogen (secondary N) is 1. The molecule has 3 N–H and O–H groups in total. The van der Waals surface area contributed by atoms with Crippen molar-refractivity contribution in [2.75, 3.05) is 4.31 Å². The molecule has 0 atom stereocenters. The van der Waals surface area contributed by atoms with Gasteiger partial charge in [-0.25, -0.2) is 9.03 Å². The SMILES string of the molecule is CC(C)[Si](C(C)C)(C(C)C)n1ccc(-c2ccc(N3C=C(O)NS3(=O)=O)c(O)c2)c1. The monoisotopic (exact) mass is 449 g/mol. The van der Waals surface area contributed by atoms with Crippen LogP contribution in [0.3, 0.4) is 0 Å². The van der Waals surface area contributed by atoms with Gasteiger partial charge in [0.15, 0.2) is 8.24 Å². The molecule has 30 heavy (non-hydrogen) atoms. The zero-order chi connectivity index (χ0) is 22.4. The Morgan fingerprint density at radius 3 is 2.00 bits per heavy atom. The van der Waals surface area contributed by atoms with E-state index in [-0.39, 0.29) is 11.4 Å². The normalized spacial score (nSPS) is 16.4. The first-order valence-corrected chi connectivity index (χ1v) is 13.8. The second-order valence-electron chi connectivity index (χ2n) is 8.78. The molecule has 9 heteroatoms. The Labute approximate surface area is 179 Å². The Morgan fingerprint density at radius 2 is 1.53 bits per heavy atom. The Bertz CT molecular complexity index is 1050. The molecule has 0 amide bonds. The summed E-state index contributed by atoms with van der Waals surface area (Å²) in [6, 6.07) is 6.91. The molecule has 7 nitrogen and oxygen atoms in total. The van der Waals surface area contributed by atoms with Gasteiger partial charge in [0.2, 0.25) is 5.88 Å². The Kier molecular flexibility index (Phi) is 5.72. The molecule has 3 rings (SSSR count). The van der Waals surface area contributed by atoms with Crippen LogP contribution in [0.25, 0.3) is 11.1 Å². The minimum atomic E-state index is -3.95. The van der Waals surface area contributed by atoms with Gasteiger partial charge in [-0.3, -0.25) is 0 Å². The maximum atomic E-state index is 12.1. The van der Waals surface area contributed by atoms with E-state index >= 15 is 0 Å². The first-order valence-electron chi connectivity index (χ1n) is 10.2. The molecule has 0 spiro atoms. The third-order valence-electron chi connectivity index (χ3n) is 6.19. The van der Waals surface area contributed by atoms with Crippen LogP contribution in [0.15, 0.2) is 48.7 Å². The van der Waals surface area contributed by atoms with Crippen molar-refractivity contribution in [3.05, 3.63) is 48.7 Å². The van der Waals surface area contributed by atoms with E-state index in [4.69, 9.17) is 0 Å². The van der Waals surface area contributed by atoms with E-state index in [9.17, 15) is 18.6 Å². The average molecular weight is 450 g/mol. The standard InChI is InChI=1S/C21H31N3O4SSi/c1-14(2)30(15(3)4,16(5)6)23-10-9-18(12-23)17-7-8-19(20(25)11-17)24-13-21(26)22-29(24,27)28/h7-16,22,25-26H,1-6H3. The van der Waals surface area contributed by atoms with Crippen LogP contribution >= 0.6 is 0 Å². The maximum absolute atomic E-state index is 12.1. The summed E-state index contributed by atoms with van der Waals surface area (Å²) < 4.78 is 29.4. The van der Waals surface area contributed by atoms with E-state index in [1.807, 2.05) is 10.8 Å². The highest BCUT2D eigenvalue weighted by molar-refractivity contribution is 7.91. The van der Waals surface area contributed by atoms with Crippen LogP contribution in [0, 0.1) is 0 Å². The fourth-order valence-corrected chi connectivity index (χ4v) is 12.7. The van der Waals surface area contributed by atoms with Gasteiger partial charge in [-0.1, -0.05) is 47.6 Å². The van der Waals surface area contributed by atoms with Crippen molar-refractivity contribution in [3.8, 4) is 16.9 Å². The fraction of sp³-hybridized carbons (Fsp3) is 0.429. The smallest absolute Gasteiger partial charge is 0.330 e. The Hall–Kier alpha value is -2.39. The summed E-state index contributed by atoms with van der Waals surface area (Å²) in [5, 5.41) is 20.0. The number of nitrogens with zero attached hydrogens (tertiary/aromatic N) is 2. The molecule has 2 heterocycles. The molecule has 0 bridgehead atoms. The summed E-state index contributed by atoms with van der Waals surface area (Å²) in [6.45, 7) is 13.8. The second-order valence-corrected chi connectivity index (χ2v) is 16.1. The Balaban J connectivity index is 2.01. The summed E-state index contributed by atoms with van der Waals surface area (Å²) in [6.07, 6.45) is 5.32. The zero-order valence-electron chi connectivity index (χ0n) is 18.3. The summed E-state index contributed by atoms with van der Waals surface area (Å²) in [7, 11) is -5.82. The lowest BCUT2D eigenvalue weighted by Gasteiger charge is -2.44. The lowest BCUT2D eigenvalue weighted by Crippen LogP contribution is -2.51. The molecule has 0 fully saturated rings. The Morgan fingerprint density at radius 1 is 0.933 bits per heavy atom. The van der Waals surface area contributed by atoms with Crippen LogP contribution in [0.2, 0.25) is 16.6 Å². The molecule has 0 aliphatic carbocycles.